The number of likely N-dealkylation sites (tertiary alicyclic amines) is 1. The summed E-state index contributed by atoms with van der Waals surface area (Å²) in [5.41, 5.74) is 3.68. The number of carbonyl (C=O) groups excluding carboxylic acids is 1. The Kier molecular flexibility index (Phi) is 4.60. The lowest BCUT2D eigenvalue weighted by atomic mass is 9.84. The number of aromatic amines is 1. The van der Waals surface area contributed by atoms with Gasteiger partial charge < -0.3 is 19.4 Å². The van der Waals surface area contributed by atoms with Crippen LogP contribution in [0.2, 0.25) is 0 Å². The highest BCUT2D eigenvalue weighted by Crippen LogP contribution is 2.37. The second-order valence-corrected chi connectivity index (χ2v) is 8.24. The average Bonchev–Trinajstić information content (AvgIpc) is 3.14. The maximum Gasteiger partial charge on any atom is 0.256 e. The number of aromatic nitrogens is 2. The van der Waals surface area contributed by atoms with Crippen molar-refractivity contribution in [2.45, 2.75) is 38.1 Å². The quantitative estimate of drug-likeness (QED) is 0.740. The van der Waals surface area contributed by atoms with Crippen molar-refractivity contribution in [1.82, 2.24) is 14.9 Å². The fraction of sp³-hybridized carbons (Fsp3) is 0.391. The Morgan fingerprint density at radius 3 is 3.07 bits per heavy atom. The monoisotopic (exact) mass is 391 g/mol. The second-order valence-electron chi connectivity index (χ2n) is 8.24. The molecule has 0 aliphatic carbocycles. The lowest BCUT2D eigenvalue weighted by Gasteiger charge is -2.53. The van der Waals surface area contributed by atoms with Crippen LogP contribution in [0.3, 0.4) is 0 Å². The number of nitrogens with zero attached hydrogens (tertiary/aromatic N) is 2. The Morgan fingerprint density at radius 2 is 2.21 bits per heavy atom. The minimum atomic E-state index is -0.268. The fourth-order valence-corrected chi connectivity index (χ4v) is 4.47. The molecule has 3 aromatic rings. The third kappa shape index (κ3) is 3.54. The first-order valence-corrected chi connectivity index (χ1v) is 10.1. The van der Waals surface area contributed by atoms with Gasteiger partial charge in [-0.05, 0) is 30.5 Å². The van der Waals surface area contributed by atoms with Crippen LogP contribution in [-0.2, 0) is 16.1 Å². The van der Waals surface area contributed by atoms with Gasteiger partial charge >= 0.3 is 0 Å². The molecule has 6 heteroatoms. The van der Waals surface area contributed by atoms with Crippen LogP contribution in [0.4, 0.5) is 0 Å². The van der Waals surface area contributed by atoms with Gasteiger partial charge in [0.2, 0.25) is 0 Å². The normalized spacial score (nSPS) is 20.7. The van der Waals surface area contributed by atoms with Crippen LogP contribution < -0.4 is 0 Å². The summed E-state index contributed by atoms with van der Waals surface area (Å²) in [6.45, 7) is 4.52. The number of ether oxygens (including phenoxy) is 2. The van der Waals surface area contributed by atoms with Gasteiger partial charge in [-0.1, -0.05) is 24.3 Å². The van der Waals surface area contributed by atoms with Crippen molar-refractivity contribution in [2.24, 2.45) is 0 Å². The summed E-state index contributed by atoms with van der Waals surface area (Å²) >= 11 is 0. The average molecular weight is 391 g/mol. The van der Waals surface area contributed by atoms with E-state index in [-0.39, 0.29) is 17.6 Å². The molecule has 1 atom stereocenters. The third-order valence-corrected chi connectivity index (χ3v) is 5.93. The van der Waals surface area contributed by atoms with Crippen LogP contribution in [0.15, 0.2) is 48.9 Å². The number of para-hydroxylation sites is 1. The zero-order valence-electron chi connectivity index (χ0n) is 16.6. The molecule has 1 N–H and O–H groups in total. The van der Waals surface area contributed by atoms with Gasteiger partial charge in [-0.15, -0.1) is 0 Å². The molecule has 2 aliphatic heterocycles. The third-order valence-electron chi connectivity index (χ3n) is 5.93. The SMILES string of the molecule is Cc1cncc(CO[C@H]2CCOC3(C2)CN(C(=O)c2c[nH]c4ccccc24)C3)c1. The Bertz CT molecular complexity index is 1040. The van der Waals surface area contributed by atoms with Crippen molar-refractivity contribution in [1.29, 1.82) is 0 Å². The van der Waals surface area contributed by atoms with E-state index < -0.39 is 0 Å². The summed E-state index contributed by atoms with van der Waals surface area (Å²) in [5.74, 6) is 0.0607. The van der Waals surface area contributed by atoms with Crippen LogP contribution in [-0.4, -0.2) is 52.2 Å². The van der Waals surface area contributed by atoms with Gasteiger partial charge in [-0.25, -0.2) is 0 Å². The molecule has 0 bridgehead atoms. The first-order valence-electron chi connectivity index (χ1n) is 10.1. The number of amides is 1. The highest BCUT2D eigenvalue weighted by atomic mass is 16.5. The smallest absolute Gasteiger partial charge is 0.256 e. The Balaban J connectivity index is 1.20. The van der Waals surface area contributed by atoms with Crippen LogP contribution in [0.1, 0.15) is 34.3 Å². The standard InChI is InChI=1S/C23H25N3O3/c1-16-8-17(11-24-10-16)13-28-18-6-7-29-23(9-18)14-26(15-23)22(27)20-12-25-21-5-3-2-4-19(20)21/h2-5,8,10-12,18,25H,6-7,9,13-15H2,1H3/t18-/m0/s1. The predicted octanol–water partition coefficient (Wildman–Crippen LogP) is 3.46. The first kappa shape index (κ1) is 18.3. The summed E-state index contributed by atoms with van der Waals surface area (Å²) in [5, 5.41) is 0.969. The molecule has 2 saturated heterocycles. The number of hydrogen-bond donors (Lipinski definition) is 1. The summed E-state index contributed by atoms with van der Waals surface area (Å²) < 4.78 is 12.2. The van der Waals surface area contributed by atoms with E-state index in [2.05, 4.69) is 16.0 Å². The van der Waals surface area contributed by atoms with Gasteiger partial charge in [-0.3, -0.25) is 9.78 Å². The molecule has 2 aliphatic rings. The highest BCUT2D eigenvalue weighted by molar-refractivity contribution is 6.07. The number of fused-ring (bicyclic) bond motifs is 1. The molecule has 0 saturated carbocycles. The summed E-state index contributed by atoms with van der Waals surface area (Å²) in [7, 11) is 0. The maximum atomic E-state index is 13.0. The number of nitrogens with one attached hydrogen (secondary N) is 1. The summed E-state index contributed by atoms with van der Waals surface area (Å²) in [6.07, 6.45) is 7.37. The van der Waals surface area contributed by atoms with Gasteiger partial charge in [0.05, 0.1) is 31.4 Å². The Morgan fingerprint density at radius 1 is 1.34 bits per heavy atom. The molecule has 2 aromatic heterocycles. The topological polar surface area (TPSA) is 67.5 Å². The maximum absolute atomic E-state index is 13.0. The van der Waals surface area contributed by atoms with Crippen molar-refractivity contribution in [2.75, 3.05) is 19.7 Å². The molecule has 4 heterocycles. The second kappa shape index (κ2) is 7.28. The number of aryl methyl sites for hydroxylation is 1. The summed E-state index contributed by atoms with van der Waals surface area (Å²) in [4.78, 5) is 22.3. The molecule has 150 valence electrons. The Labute approximate surface area is 169 Å². The van der Waals surface area contributed by atoms with E-state index >= 15 is 0 Å². The van der Waals surface area contributed by atoms with E-state index in [0.29, 0.717) is 26.3 Å². The number of hydrogen-bond acceptors (Lipinski definition) is 4. The minimum absolute atomic E-state index is 0.0607. The van der Waals surface area contributed by atoms with Crippen molar-refractivity contribution < 1.29 is 14.3 Å². The number of carbonyl (C=O) groups is 1. The van der Waals surface area contributed by atoms with Crippen LogP contribution in [0.25, 0.3) is 10.9 Å². The lowest BCUT2D eigenvalue weighted by Crippen LogP contribution is -2.67. The molecule has 2 fully saturated rings. The Hall–Kier alpha value is -2.70. The van der Waals surface area contributed by atoms with E-state index in [4.69, 9.17) is 9.47 Å². The van der Waals surface area contributed by atoms with E-state index in [0.717, 1.165) is 40.4 Å². The molecule has 5 rings (SSSR count). The van der Waals surface area contributed by atoms with Crippen molar-refractivity contribution in [3.63, 3.8) is 0 Å². The molecule has 0 unspecified atom stereocenters. The molecule has 1 amide bonds. The van der Waals surface area contributed by atoms with Gasteiger partial charge in [0.25, 0.3) is 5.91 Å². The van der Waals surface area contributed by atoms with Crippen molar-refractivity contribution >= 4 is 16.8 Å². The predicted molar refractivity (Wildman–Crippen MR) is 110 cm³/mol. The molecular weight excluding hydrogens is 366 g/mol. The highest BCUT2D eigenvalue weighted by Gasteiger charge is 2.49. The van der Waals surface area contributed by atoms with Gasteiger partial charge in [-0.2, -0.15) is 0 Å². The van der Waals surface area contributed by atoms with Gasteiger partial charge in [0.1, 0.15) is 5.60 Å². The van der Waals surface area contributed by atoms with E-state index in [1.807, 2.05) is 54.7 Å². The van der Waals surface area contributed by atoms with E-state index in [9.17, 15) is 4.79 Å². The number of rotatable bonds is 4. The fourth-order valence-electron chi connectivity index (χ4n) is 4.47. The minimum Gasteiger partial charge on any atom is -0.373 e. The van der Waals surface area contributed by atoms with Crippen molar-refractivity contribution in [3.8, 4) is 0 Å². The molecule has 1 spiro atoms. The van der Waals surface area contributed by atoms with Crippen LogP contribution in [0.5, 0.6) is 0 Å². The molecule has 6 nitrogen and oxygen atoms in total. The number of H-pyrrole nitrogens is 1. The zero-order chi connectivity index (χ0) is 19.8. The van der Waals surface area contributed by atoms with E-state index in [1.165, 1.54) is 0 Å². The van der Waals surface area contributed by atoms with Gasteiger partial charge in [0, 0.05) is 42.5 Å². The first-order chi connectivity index (χ1) is 14.1. The lowest BCUT2D eigenvalue weighted by molar-refractivity contribution is -0.187. The van der Waals surface area contributed by atoms with Crippen LogP contribution in [0, 0.1) is 6.92 Å². The summed E-state index contributed by atoms with van der Waals surface area (Å²) in [6, 6.07) is 10.00. The van der Waals surface area contributed by atoms with Crippen LogP contribution >= 0.6 is 0 Å². The number of pyridine rings is 1. The molecule has 1 aromatic carbocycles. The number of benzene rings is 1. The largest absolute Gasteiger partial charge is 0.373 e. The molecular formula is C23H25N3O3. The zero-order valence-corrected chi connectivity index (χ0v) is 16.6. The van der Waals surface area contributed by atoms with E-state index in [1.54, 1.807) is 0 Å². The van der Waals surface area contributed by atoms with Gasteiger partial charge in [0.15, 0.2) is 0 Å². The molecule has 29 heavy (non-hydrogen) atoms. The van der Waals surface area contributed by atoms with Crippen molar-refractivity contribution in [3.05, 3.63) is 65.6 Å². The molecule has 0 radical (unpaired) electrons.